The highest BCUT2D eigenvalue weighted by Crippen LogP contribution is 2.36. The van der Waals surface area contributed by atoms with E-state index in [-0.39, 0.29) is 29.5 Å². The van der Waals surface area contributed by atoms with Gasteiger partial charge in [0.2, 0.25) is 0 Å². The van der Waals surface area contributed by atoms with E-state index in [1.807, 2.05) is 44.2 Å². The molecule has 2 amide bonds. The molecular formula is C26H26N4O4. The Morgan fingerprint density at radius 1 is 1.12 bits per heavy atom. The number of fused-ring (bicyclic) bond motifs is 1. The van der Waals surface area contributed by atoms with Crippen molar-refractivity contribution in [3.05, 3.63) is 92.3 Å². The molecule has 0 saturated carbocycles. The Bertz CT molecular complexity index is 1320. The van der Waals surface area contributed by atoms with Crippen LogP contribution in [0.3, 0.4) is 0 Å². The van der Waals surface area contributed by atoms with Crippen molar-refractivity contribution in [2.75, 3.05) is 5.32 Å². The monoisotopic (exact) mass is 458 g/mol. The lowest BCUT2D eigenvalue weighted by atomic mass is 9.95. The molecule has 2 heterocycles. The number of nitro groups is 1. The molecule has 0 saturated heterocycles. The summed E-state index contributed by atoms with van der Waals surface area (Å²) in [6.45, 7) is 7.35. The van der Waals surface area contributed by atoms with Crippen molar-refractivity contribution in [3.63, 3.8) is 0 Å². The van der Waals surface area contributed by atoms with Crippen LogP contribution in [0.2, 0.25) is 0 Å². The van der Waals surface area contributed by atoms with Crippen LogP contribution in [0.15, 0.2) is 48.5 Å². The van der Waals surface area contributed by atoms with Crippen molar-refractivity contribution in [2.24, 2.45) is 5.92 Å². The van der Waals surface area contributed by atoms with Gasteiger partial charge in [0.15, 0.2) is 0 Å². The normalized spacial score (nSPS) is 14.7. The summed E-state index contributed by atoms with van der Waals surface area (Å²) in [5, 5.41) is 17.3. The molecule has 0 aliphatic carbocycles. The highest BCUT2D eigenvalue weighted by Gasteiger charge is 2.28. The molecule has 1 aliphatic heterocycles. The van der Waals surface area contributed by atoms with Gasteiger partial charge >= 0.3 is 0 Å². The van der Waals surface area contributed by atoms with Crippen molar-refractivity contribution in [3.8, 4) is 0 Å². The number of nitrogens with zero attached hydrogens (tertiary/aromatic N) is 1. The fourth-order valence-electron chi connectivity index (χ4n) is 4.32. The minimum absolute atomic E-state index is 0.000698. The van der Waals surface area contributed by atoms with Gasteiger partial charge in [0.1, 0.15) is 0 Å². The summed E-state index contributed by atoms with van der Waals surface area (Å²) < 4.78 is 0. The van der Waals surface area contributed by atoms with Gasteiger partial charge in [0.05, 0.1) is 27.8 Å². The molecule has 0 radical (unpaired) electrons. The lowest BCUT2D eigenvalue weighted by molar-refractivity contribution is -0.385. The zero-order valence-electron chi connectivity index (χ0n) is 19.4. The molecule has 0 bridgehead atoms. The molecule has 0 fully saturated rings. The zero-order valence-corrected chi connectivity index (χ0v) is 19.4. The summed E-state index contributed by atoms with van der Waals surface area (Å²) in [6, 6.07) is 14.7. The van der Waals surface area contributed by atoms with E-state index < -0.39 is 4.92 Å². The van der Waals surface area contributed by atoms with Crippen LogP contribution < -0.4 is 10.6 Å². The third-order valence-corrected chi connectivity index (χ3v) is 6.08. The first-order valence-corrected chi connectivity index (χ1v) is 11.0. The molecule has 1 aliphatic rings. The van der Waals surface area contributed by atoms with Crippen molar-refractivity contribution in [1.29, 1.82) is 0 Å². The topological polar surface area (TPSA) is 117 Å². The molecule has 4 rings (SSSR count). The largest absolute Gasteiger partial charge is 0.353 e. The predicted molar refractivity (Wildman–Crippen MR) is 131 cm³/mol. The number of rotatable bonds is 6. The first-order chi connectivity index (χ1) is 16.2. The maximum Gasteiger partial charge on any atom is 0.293 e. The van der Waals surface area contributed by atoms with Gasteiger partial charge in [0, 0.05) is 22.5 Å². The second-order valence-corrected chi connectivity index (χ2v) is 8.77. The number of aromatic amines is 1. The van der Waals surface area contributed by atoms with E-state index in [0.717, 1.165) is 5.56 Å². The lowest BCUT2D eigenvalue weighted by Gasteiger charge is -2.23. The summed E-state index contributed by atoms with van der Waals surface area (Å²) in [6.07, 6.45) is 1.60. The number of carbonyl (C=O) groups excluding carboxylic acids is 2. The van der Waals surface area contributed by atoms with Gasteiger partial charge < -0.3 is 15.6 Å². The average molecular weight is 459 g/mol. The van der Waals surface area contributed by atoms with Gasteiger partial charge in [-0.05, 0) is 49.6 Å². The summed E-state index contributed by atoms with van der Waals surface area (Å²) in [5.74, 6) is -0.396. The molecule has 174 valence electrons. The standard InChI is InChI=1S/C26H26N4O4/c1-14(2)23(17-8-6-5-7-9-17)29-25(31)18-10-11-21-19(12-18)20(26(32)28-21)13-22-15(3)24(30(33)34)16(4)27-22/h5-14,23,27H,1-4H3,(H,28,32)(H,29,31). The Balaban J connectivity index is 1.67. The Labute approximate surface area is 197 Å². The fourth-order valence-corrected chi connectivity index (χ4v) is 4.32. The van der Waals surface area contributed by atoms with Crippen molar-refractivity contribution < 1.29 is 14.5 Å². The van der Waals surface area contributed by atoms with E-state index in [1.54, 1.807) is 38.1 Å². The first-order valence-electron chi connectivity index (χ1n) is 11.0. The highest BCUT2D eigenvalue weighted by atomic mass is 16.6. The highest BCUT2D eigenvalue weighted by molar-refractivity contribution is 6.35. The van der Waals surface area contributed by atoms with Crippen molar-refractivity contribution >= 4 is 34.8 Å². The van der Waals surface area contributed by atoms with Crippen LogP contribution in [-0.4, -0.2) is 21.7 Å². The maximum atomic E-state index is 13.1. The number of hydrogen-bond donors (Lipinski definition) is 3. The smallest absolute Gasteiger partial charge is 0.293 e. The molecule has 1 unspecified atom stereocenters. The number of H-pyrrole nitrogens is 1. The number of hydrogen-bond acceptors (Lipinski definition) is 4. The Morgan fingerprint density at radius 3 is 2.44 bits per heavy atom. The predicted octanol–water partition coefficient (Wildman–Crippen LogP) is 5.16. The van der Waals surface area contributed by atoms with Crippen LogP contribution in [0.5, 0.6) is 0 Å². The number of carbonyl (C=O) groups is 2. The van der Waals surface area contributed by atoms with E-state index in [2.05, 4.69) is 15.6 Å². The molecule has 2 aromatic carbocycles. The number of anilines is 1. The number of benzene rings is 2. The van der Waals surface area contributed by atoms with Gasteiger partial charge in [-0.15, -0.1) is 0 Å². The molecule has 1 atom stereocenters. The molecule has 1 aromatic heterocycles. The molecule has 0 spiro atoms. The van der Waals surface area contributed by atoms with E-state index >= 15 is 0 Å². The SMILES string of the molecule is Cc1[nH]c(C=C2C(=O)Nc3ccc(C(=O)NC(c4ccccc4)C(C)C)cc32)c(C)c1[N+](=O)[O-]. The molecular weight excluding hydrogens is 432 g/mol. The third kappa shape index (κ3) is 4.22. The molecule has 34 heavy (non-hydrogen) atoms. The Hall–Kier alpha value is -4.20. The quantitative estimate of drug-likeness (QED) is 0.269. The van der Waals surface area contributed by atoms with Gasteiger partial charge in [-0.3, -0.25) is 19.7 Å². The second kappa shape index (κ2) is 8.97. The van der Waals surface area contributed by atoms with Gasteiger partial charge in [-0.1, -0.05) is 44.2 Å². The van der Waals surface area contributed by atoms with Crippen LogP contribution in [0.25, 0.3) is 11.6 Å². The molecule has 8 heteroatoms. The van der Waals surface area contributed by atoms with Crippen LogP contribution >= 0.6 is 0 Å². The third-order valence-electron chi connectivity index (χ3n) is 6.08. The van der Waals surface area contributed by atoms with Gasteiger partial charge in [0.25, 0.3) is 17.5 Å². The van der Waals surface area contributed by atoms with Gasteiger partial charge in [-0.2, -0.15) is 0 Å². The molecule has 8 nitrogen and oxygen atoms in total. The van der Waals surface area contributed by atoms with E-state index in [4.69, 9.17) is 0 Å². The maximum absolute atomic E-state index is 13.1. The summed E-state index contributed by atoms with van der Waals surface area (Å²) in [4.78, 5) is 39.7. The van der Waals surface area contributed by atoms with Crippen molar-refractivity contribution in [1.82, 2.24) is 10.3 Å². The van der Waals surface area contributed by atoms with Crippen LogP contribution in [-0.2, 0) is 4.79 Å². The van der Waals surface area contributed by atoms with Gasteiger partial charge in [-0.25, -0.2) is 0 Å². The fraction of sp³-hybridized carbons (Fsp3) is 0.231. The van der Waals surface area contributed by atoms with E-state index in [0.29, 0.717) is 39.3 Å². The lowest BCUT2D eigenvalue weighted by Crippen LogP contribution is -2.31. The van der Waals surface area contributed by atoms with Crippen molar-refractivity contribution in [2.45, 2.75) is 33.7 Å². The second-order valence-electron chi connectivity index (χ2n) is 8.77. The molecule has 3 aromatic rings. The van der Waals surface area contributed by atoms with Crippen LogP contribution in [0.4, 0.5) is 11.4 Å². The summed E-state index contributed by atoms with van der Waals surface area (Å²) >= 11 is 0. The number of aryl methyl sites for hydroxylation is 1. The number of aromatic nitrogens is 1. The Morgan fingerprint density at radius 2 is 1.82 bits per heavy atom. The van der Waals surface area contributed by atoms with Crippen LogP contribution in [0.1, 0.15) is 58.3 Å². The minimum atomic E-state index is -0.438. The van der Waals surface area contributed by atoms with Crippen LogP contribution in [0, 0.1) is 29.9 Å². The number of nitrogens with one attached hydrogen (secondary N) is 3. The Kier molecular flexibility index (Phi) is 6.06. The molecule has 3 N–H and O–H groups in total. The minimum Gasteiger partial charge on any atom is -0.353 e. The van der Waals surface area contributed by atoms with E-state index in [1.165, 1.54) is 0 Å². The van der Waals surface area contributed by atoms with E-state index in [9.17, 15) is 19.7 Å². The number of amides is 2. The summed E-state index contributed by atoms with van der Waals surface area (Å²) in [7, 11) is 0. The average Bonchev–Trinajstić information content (AvgIpc) is 3.26. The zero-order chi connectivity index (χ0) is 24.6. The summed E-state index contributed by atoms with van der Waals surface area (Å²) in [5.41, 5.74) is 4.30. The first kappa shape index (κ1) is 23.0.